The van der Waals surface area contributed by atoms with Gasteiger partial charge in [-0.25, -0.2) is 4.79 Å². The molecule has 0 spiro atoms. The van der Waals surface area contributed by atoms with Crippen LogP contribution in [-0.4, -0.2) is 40.9 Å². The average Bonchev–Trinajstić information content (AvgIpc) is 2.22. The monoisotopic (exact) mass is 252 g/mol. The summed E-state index contributed by atoms with van der Waals surface area (Å²) < 4.78 is 4.87. The molecule has 0 saturated heterocycles. The lowest BCUT2D eigenvalue weighted by Crippen LogP contribution is -2.30. The molecular formula is C9H16O4S2. The highest BCUT2D eigenvalue weighted by molar-refractivity contribution is 7.98. The summed E-state index contributed by atoms with van der Waals surface area (Å²) in [5, 5.41) is 8.80. The van der Waals surface area contributed by atoms with E-state index in [0.717, 1.165) is 0 Å². The van der Waals surface area contributed by atoms with Crippen molar-refractivity contribution in [3.63, 3.8) is 0 Å². The van der Waals surface area contributed by atoms with E-state index in [2.05, 4.69) is 12.6 Å². The van der Waals surface area contributed by atoms with E-state index in [1.54, 1.807) is 6.92 Å². The molecule has 1 N–H and O–H groups in total. The average molecular weight is 252 g/mol. The standard InChI is InChI=1S/C9H16O4S2/c1-6(5-14)9(12)13-7(8(10)11)3-4-15-2/h6-7,14H,3-5H2,1-2H3,(H,10,11)/t6-,7?/m1/s1. The molecule has 0 fully saturated rings. The molecule has 4 nitrogen and oxygen atoms in total. The zero-order chi connectivity index (χ0) is 11.8. The lowest BCUT2D eigenvalue weighted by molar-refractivity contribution is -0.166. The van der Waals surface area contributed by atoms with Crippen LogP contribution in [0.3, 0.4) is 0 Å². The number of carboxylic acid groups (broad SMARTS) is 1. The summed E-state index contributed by atoms with van der Waals surface area (Å²) >= 11 is 5.47. The lowest BCUT2D eigenvalue weighted by atomic mass is 10.2. The number of ether oxygens (including phenoxy) is 1. The van der Waals surface area contributed by atoms with E-state index in [1.165, 1.54) is 11.8 Å². The maximum Gasteiger partial charge on any atom is 0.345 e. The minimum atomic E-state index is -1.09. The first-order valence-corrected chi connectivity index (χ1v) is 6.58. The first-order valence-electron chi connectivity index (χ1n) is 4.56. The van der Waals surface area contributed by atoms with Crippen molar-refractivity contribution in [2.45, 2.75) is 19.4 Å². The molecule has 0 bridgehead atoms. The summed E-state index contributed by atoms with van der Waals surface area (Å²) in [5.41, 5.74) is 0. The first-order chi connectivity index (χ1) is 7.02. The Bertz CT molecular complexity index is 220. The van der Waals surface area contributed by atoms with Crippen LogP contribution in [0.5, 0.6) is 0 Å². The minimum Gasteiger partial charge on any atom is -0.479 e. The quantitative estimate of drug-likeness (QED) is 0.528. The van der Waals surface area contributed by atoms with Gasteiger partial charge in [-0.2, -0.15) is 24.4 Å². The summed E-state index contributed by atoms with van der Waals surface area (Å²) in [7, 11) is 0. The molecule has 0 rings (SSSR count). The smallest absolute Gasteiger partial charge is 0.345 e. The minimum absolute atomic E-state index is 0.335. The Kier molecular flexibility index (Phi) is 7.68. The molecule has 1 unspecified atom stereocenters. The molecule has 2 atom stereocenters. The molecule has 15 heavy (non-hydrogen) atoms. The second-order valence-corrected chi connectivity index (χ2v) is 4.48. The fraction of sp³-hybridized carbons (Fsp3) is 0.778. The Morgan fingerprint density at radius 3 is 2.53 bits per heavy atom. The van der Waals surface area contributed by atoms with Gasteiger partial charge < -0.3 is 9.84 Å². The van der Waals surface area contributed by atoms with E-state index >= 15 is 0 Å². The van der Waals surface area contributed by atoms with Crippen molar-refractivity contribution < 1.29 is 19.4 Å². The van der Waals surface area contributed by atoms with Crippen molar-refractivity contribution in [2.75, 3.05) is 17.8 Å². The van der Waals surface area contributed by atoms with E-state index in [-0.39, 0.29) is 5.92 Å². The molecule has 0 heterocycles. The molecule has 0 saturated carbocycles. The summed E-state index contributed by atoms with van der Waals surface area (Å²) in [6.07, 6.45) is 1.17. The summed E-state index contributed by atoms with van der Waals surface area (Å²) in [4.78, 5) is 22.1. The number of thioether (sulfide) groups is 1. The van der Waals surface area contributed by atoms with Crippen LogP contribution in [0.1, 0.15) is 13.3 Å². The van der Waals surface area contributed by atoms with Crippen LogP contribution in [0.2, 0.25) is 0 Å². The molecule has 0 aliphatic heterocycles. The summed E-state index contributed by atoms with van der Waals surface area (Å²) in [6, 6.07) is 0. The Morgan fingerprint density at radius 1 is 1.53 bits per heavy atom. The first kappa shape index (κ1) is 14.6. The molecule has 0 amide bonds. The van der Waals surface area contributed by atoms with Gasteiger partial charge in [-0.15, -0.1) is 0 Å². The third-order valence-corrected chi connectivity index (χ3v) is 2.99. The van der Waals surface area contributed by atoms with Gasteiger partial charge >= 0.3 is 11.9 Å². The molecule has 0 aromatic carbocycles. The number of thiol groups is 1. The van der Waals surface area contributed by atoms with E-state index in [9.17, 15) is 9.59 Å². The topological polar surface area (TPSA) is 63.6 Å². The van der Waals surface area contributed by atoms with Gasteiger partial charge in [0.2, 0.25) is 0 Å². The Balaban J connectivity index is 4.16. The molecule has 0 aliphatic rings. The van der Waals surface area contributed by atoms with Gasteiger partial charge in [-0.1, -0.05) is 6.92 Å². The zero-order valence-corrected chi connectivity index (χ0v) is 10.5. The van der Waals surface area contributed by atoms with Crippen molar-refractivity contribution in [3.05, 3.63) is 0 Å². The van der Waals surface area contributed by atoms with Gasteiger partial charge in [-0.05, 0) is 12.0 Å². The van der Waals surface area contributed by atoms with Crippen LogP contribution < -0.4 is 0 Å². The highest BCUT2D eigenvalue weighted by Crippen LogP contribution is 2.09. The summed E-state index contributed by atoms with van der Waals surface area (Å²) in [5.74, 6) is -0.959. The van der Waals surface area contributed by atoms with Crippen LogP contribution in [-0.2, 0) is 14.3 Å². The van der Waals surface area contributed by atoms with E-state index in [4.69, 9.17) is 9.84 Å². The third-order valence-electron chi connectivity index (χ3n) is 1.79. The Hall–Kier alpha value is -0.360. The number of carbonyl (C=O) groups excluding carboxylic acids is 1. The van der Waals surface area contributed by atoms with Gasteiger partial charge in [0.05, 0.1) is 5.92 Å². The second kappa shape index (κ2) is 7.87. The number of esters is 1. The number of hydrogen-bond donors (Lipinski definition) is 2. The number of rotatable bonds is 7. The third kappa shape index (κ3) is 5.94. The molecule has 0 aromatic rings. The van der Waals surface area contributed by atoms with E-state index in [0.29, 0.717) is 17.9 Å². The zero-order valence-electron chi connectivity index (χ0n) is 8.80. The van der Waals surface area contributed by atoms with Crippen molar-refractivity contribution in [3.8, 4) is 0 Å². The maximum absolute atomic E-state index is 11.3. The SMILES string of the molecule is CSCCC(OC(=O)[C@H](C)CS)C(=O)O. The molecule has 88 valence electrons. The fourth-order valence-corrected chi connectivity index (χ4v) is 1.39. The molecule has 0 aromatic heterocycles. The normalized spacial score (nSPS) is 14.3. The maximum atomic E-state index is 11.3. The van der Waals surface area contributed by atoms with Gasteiger partial charge in [0.15, 0.2) is 6.10 Å². The van der Waals surface area contributed by atoms with E-state index < -0.39 is 18.0 Å². The van der Waals surface area contributed by atoms with Gasteiger partial charge in [0.1, 0.15) is 0 Å². The van der Waals surface area contributed by atoms with Crippen molar-refractivity contribution in [2.24, 2.45) is 5.92 Å². The van der Waals surface area contributed by atoms with Crippen LogP contribution in [0, 0.1) is 5.92 Å². The fourth-order valence-electron chi connectivity index (χ4n) is 0.789. The van der Waals surface area contributed by atoms with Crippen LogP contribution in [0.25, 0.3) is 0 Å². The van der Waals surface area contributed by atoms with Crippen LogP contribution in [0.15, 0.2) is 0 Å². The number of carbonyl (C=O) groups is 2. The highest BCUT2D eigenvalue weighted by Gasteiger charge is 2.24. The lowest BCUT2D eigenvalue weighted by Gasteiger charge is -2.15. The van der Waals surface area contributed by atoms with Crippen molar-refractivity contribution in [1.82, 2.24) is 0 Å². The van der Waals surface area contributed by atoms with Crippen molar-refractivity contribution in [1.29, 1.82) is 0 Å². The Labute approximate surface area is 99.2 Å². The van der Waals surface area contributed by atoms with Gasteiger partial charge in [0.25, 0.3) is 0 Å². The molecule has 0 aliphatic carbocycles. The van der Waals surface area contributed by atoms with E-state index in [1.807, 2.05) is 6.26 Å². The predicted octanol–water partition coefficient (Wildman–Crippen LogP) is 1.30. The highest BCUT2D eigenvalue weighted by atomic mass is 32.2. The predicted molar refractivity (Wildman–Crippen MR) is 63.5 cm³/mol. The second-order valence-electron chi connectivity index (χ2n) is 3.13. The largest absolute Gasteiger partial charge is 0.479 e. The molecular weight excluding hydrogens is 236 g/mol. The Morgan fingerprint density at radius 2 is 2.13 bits per heavy atom. The number of aliphatic carboxylic acids is 1. The number of carboxylic acids is 1. The van der Waals surface area contributed by atoms with Crippen LogP contribution >= 0.6 is 24.4 Å². The molecule has 6 heteroatoms. The van der Waals surface area contributed by atoms with Gasteiger partial charge in [0, 0.05) is 12.2 Å². The molecule has 0 radical (unpaired) electrons. The van der Waals surface area contributed by atoms with Crippen molar-refractivity contribution >= 4 is 36.3 Å². The van der Waals surface area contributed by atoms with Crippen LogP contribution in [0.4, 0.5) is 0 Å². The van der Waals surface area contributed by atoms with Gasteiger partial charge in [-0.3, -0.25) is 4.79 Å². The number of hydrogen-bond acceptors (Lipinski definition) is 5. The summed E-state index contributed by atoms with van der Waals surface area (Å²) in [6.45, 7) is 1.66.